The summed E-state index contributed by atoms with van der Waals surface area (Å²) in [6.07, 6.45) is 3.98. The van der Waals surface area contributed by atoms with Crippen LogP contribution in [0.4, 0.5) is 5.82 Å². The van der Waals surface area contributed by atoms with E-state index in [4.69, 9.17) is 5.73 Å². The van der Waals surface area contributed by atoms with Gasteiger partial charge in [-0.15, -0.1) is 0 Å². The van der Waals surface area contributed by atoms with Crippen molar-refractivity contribution in [2.75, 3.05) is 18.0 Å². The number of unbranched alkanes of at least 4 members (excludes halogenated alkanes) is 1. The van der Waals surface area contributed by atoms with Gasteiger partial charge in [0, 0.05) is 25.1 Å². The first-order valence-electron chi connectivity index (χ1n) is 11.6. The Balaban J connectivity index is 1.74. The van der Waals surface area contributed by atoms with Gasteiger partial charge in [0.1, 0.15) is 11.3 Å². The van der Waals surface area contributed by atoms with Crippen molar-refractivity contribution in [3.8, 4) is 0 Å². The van der Waals surface area contributed by atoms with Crippen LogP contribution in [0.3, 0.4) is 0 Å². The summed E-state index contributed by atoms with van der Waals surface area (Å²) in [4.78, 5) is 21.4. The molecule has 0 bridgehead atoms. The maximum absolute atomic E-state index is 12.9. The van der Waals surface area contributed by atoms with E-state index < -0.39 is 9.84 Å². The molecule has 2 aromatic heterocycles. The number of aromatic nitrogens is 3. The molecule has 1 aromatic carbocycles. The van der Waals surface area contributed by atoms with Gasteiger partial charge in [-0.1, -0.05) is 20.3 Å². The van der Waals surface area contributed by atoms with E-state index in [1.54, 1.807) is 12.1 Å². The van der Waals surface area contributed by atoms with Crippen LogP contribution in [0, 0.1) is 6.92 Å². The van der Waals surface area contributed by atoms with Crippen LogP contribution >= 0.6 is 15.9 Å². The summed E-state index contributed by atoms with van der Waals surface area (Å²) in [5, 5.41) is 2.84. The van der Waals surface area contributed by atoms with Crippen LogP contribution in [0.25, 0.3) is 11.0 Å². The summed E-state index contributed by atoms with van der Waals surface area (Å²) in [6.45, 7) is 7.09. The number of sulfone groups is 1. The number of halogens is 1. The number of amides is 1. The van der Waals surface area contributed by atoms with Crippen LogP contribution in [0.15, 0.2) is 33.6 Å². The zero-order valence-corrected chi connectivity index (χ0v) is 22.3. The number of hydrogen-bond donors (Lipinski definition) is 2. The molecule has 10 heteroatoms. The topological polar surface area (TPSA) is 120 Å². The lowest BCUT2D eigenvalue weighted by atomic mass is 10.2. The largest absolute Gasteiger partial charge is 0.382 e. The van der Waals surface area contributed by atoms with Gasteiger partial charge in [0.25, 0.3) is 5.91 Å². The second-order valence-electron chi connectivity index (χ2n) is 8.33. The predicted molar refractivity (Wildman–Crippen MR) is 139 cm³/mol. The van der Waals surface area contributed by atoms with E-state index in [0.717, 1.165) is 47.2 Å². The fourth-order valence-electron chi connectivity index (χ4n) is 3.83. The van der Waals surface area contributed by atoms with Gasteiger partial charge in [0.05, 0.1) is 26.3 Å². The molecule has 3 N–H and O–H groups in total. The third-order valence-electron chi connectivity index (χ3n) is 5.66. The van der Waals surface area contributed by atoms with Crippen LogP contribution < -0.4 is 11.1 Å². The van der Waals surface area contributed by atoms with Gasteiger partial charge in [-0.3, -0.25) is 4.79 Å². The van der Waals surface area contributed by atoms with Gasteiger partial charge >= 0.3 is 0 Å². The van der Waals surface area contributed by atoms with E-state index in [1.165, 1.54) is 12.1 Å². The lowest BCUT2D eigenvalue weighted by molar-refractivity contribution is 0.0953. The summed E-state index contributed by atoms with van der Waals surface area (Å²) >= 11 is 3.61. The summed E-state index contributed by atoms with van der Waals surface area (Å²) in [5.74, 6) is 1.03. The minimum absolute atomic E-state index is 0.0164. The Kier molecular flexibility index (Phi) is 8.70. The SMILES string of the molecule is CCCCNC(=O)c1ccc(S(=O)(=O)CCCn2c(CCC)nc3c(N)nc(C)c(Br)c32)cc1. The first-order chi connectivity index (χ1) is 16.2. The number of anilines is 1. The normalized spacial score (nSPS) is 11.8. The minimum atomic E-state index is -3.50. The lowest BCUT2D eigenvalue weighted by Crippen LogP contribution is -2.24. The molecule has 8 nitrogen and oxygen atoms in total. The van der Waals surface area contributed by atoms with Crippen LogP contribution in [0.2, 0.25) is 0 Å². The van der Waals surface area contributed by atoms with Gasteiger partial charge in [0.15, 0.2) is 15.7 Å². The van der Waals surface area contributed by atoms with Crippen molar-refractivity contribution in [2.24, 2.45) is 0 Å². The van der Waals surface area contributed by atoms with Crippen LogP contribution in [-0.4, -0.2) is 41.2 Å². The highest BCUT2D eigenvalue weighted by molar-refractivity contribution is 9.10. The third-order valence-corrected chi connectivity index (χ3v) is 8.43. The Labute approximate surface area is 209 Å². The van der Waals surface area contributed by atoms with Gasteiger partial charge in [0.2, 0.25) is 0 Å². The fraction of sp³-hybridized carbons (Fsp3) is 0.458. The second kappa shape index (κ2) is 11.3. The summed E-state index contributed by atoms with van der Waals surface area (Å²) in [6, 6.07) is 6.14. The number of hydrogen-bond acceptors (Lipinski definition) is 6. The number of imidazole rings is 1. The predicted octanol–water partition coefficient (Wildman–Crippen LogP) is 4.43. The van der Waals surface area contributed by atoms with Crippen molar-refractivity contribution < 1.29 is 13.2 Å². The van der Waals surface area contributed by atoms with Gasteiger partial charge < -0.3 is 15.6 Å². The first kappa shape index (κ1) is 26.2. The Morgan fingerprint density at radius 1 is 1.12 bits per heavy atom. The van der Waals surface area contributed by atoms with Crippen molar-refractivity contribution in [3.63, 3.8) is 0 Å². The minimum Gasteiger partial charge on any atom is -0.382 e. The average molecular weight is 551 g/mol. The lowest BCUT2D eigenvalue weighted by Gasteiger charge is -2.11. The molecular formula is C24H32BrN5O3S. The van der Waals surface area contributed by atoms with Gasteiger partial charge in [-0.25, -0.2) is 18.4 Å². The zero-order chi connectivity index (χ0) is 24.9. The first-order valence-corrected chi connectivity index (χ1v) is 14.1. The zero-order valence-electron chi connectivity index (χ0n) is 19.9. The van der Waals surface area contributed by atoms with Crippen LogP contribution in [0.5, 0.6) is 0 Å². The number of nitrogens with zero attached hydrogens (tertiary/aromatic N) is 3. The molecular weight excluding hydrogens is 518 g/mol. The number of fused-ring (bicyclic) bond motifs is 1. The number of carbonyl (C=O) groups is 1. The molecule has 0 atom stereocenters. The molecule has 184 valence electrons. The Hall–Kier alpha value is -2.46. The van der Waals surface area contributed by atoms with Crippen LogP contribution in [0.1, 0.15) is 61.4 Å². The quantitative estimate of drug-likeness (QED) is 0.341. The fourth-order valence-corrected chi connectivity index (χ4v) is 5.62. The second-order valence-corrected chi connectivity index (χ2v) is 11.2. The molecule has 0 aliphatic carbocycles. The van der Waals surface area contributed by atoms with Crippen molar-refractivity contribution in [1.82, 2.24) is 19.9 Å². The molecule has 0 fully saturated rings. The maximum atomic E-state index is 12.9. The molecule has 3 rings (SSSR count). The highest BCUT2D eigenvalue weighted by Crippen LogP contribution is 2.31. The number of pyridine rings is 1. The number of rotatable bonds is 11. The molecule has 3 aromatic rings. The van der Waals surface area contributed by atoms with Crippen LogP contribution in [-0.2, 0) is 22.8 Å². The average Bonchev–Trinajstić information content (AvgIpc) is 3.17. The van der Waals surface area contributed by atoms with Gasteiger partial charge in [-0.2, -0.15) is 0 Å². The van der Waals surface area contributed by atoms with E-state index in [0.29, 0.717) is 36.4 Å². The van der Waals surface area contributed by atoms with Crippen molar-refractivity contribution in [1.29, 1.82) is 0 Å². The Morgan fingerprint density at radius 3 is 2.47 bits per heavy atom. The third kappa shape index (κ3) is 5.78. The molecule has 0 aliphatic rings. The monoisotopic (exact) mass is 549 g/mol. The molecule has 0 radical (unpaired) electrons. The Bertz CT molecular complexity index is 1270. The number of aryl methyl sites for hydroxylation is 3. The number of benzene rings is 1. The number of carbonyl (C=O) groups excluding carboxylic acids is 1. The van der Waals surface area contributed by atoms with E-state index in [1.807, 2.05) is 11.5 Å². The molecule has 0 aliphatic heterocycles. The molecule has 34 heavy (non-hydrogen) atoms. The summed E-state index contributed by atoms with van der Waals surface area (Å²) in [7, 11) is -3.50. The summed E-state index contributed by atoms with van der Waals surface area (Å²) < 4.78 is 28.7. The van der Waals surface area contributed by atoms with E-state index in [-0.39, 0.29) is 16.6 Å². The highest BCUT2D eigenvalue weighted by Gasteiger charge is 2.20. The molecule has 0 saturated carbocycles. The summed E-state index contributed by atoms with van der Waals surface area (Å²) in [5.41, 5.74) is 8.82. The number of nitrogen functional groups attached to an aromatic ring is 1. The Morgan fingerprint density at radius 2 is 1.82 bits per heavy atom. The maximum Gasteiger partial charge on any atom is 0.251 e. The van der Waals surface area contributed by atoms with E-state index in [9.17, 15) is 13.2 Å². The van der Waals surface area contributed by atoms with Gasteiger partial charge in [-0.05, 0) is 66.4 Å². The van der Waals surface area contributed by atoms with E-state index in [2.05, 4.69) is 45.1 Å². The van der Waals surface area contributed by atoms with E-state index >= 15 is 0 Å². The molecule has 1 amide bonds. The molecule has 2 heterocycles. The molecule has 0 unspecified atom stereocenters. The number of nitrogens with two attached hydrogens (primary N) is 1. The molecule has 0 spiro atoms. The van der Waals surface area contributed by atoms with Crippen molar-refractivity contribution >= 4 is 48.5 Å². The number of nitrogens with one attached hydrogen (secondary N) is 1. The smallest absolute Gasteiger partial charge is 0.251 e. The van der Waals surface area contributed by atoms with Crippen molar-refractivity contribution in [2.45, 2.75) is 64.3 Å². The molecule has 0 saturated heterocycles. The standard InChI is InChI=1S/C24H32BrN5O3S/c1-4-6-13-27-24(31)17-9-11-18(12-10-17)34(32,33)15-7-14-30-19(8-5-2)29-21-22(30)20(25)16(3)28-23(21)26/h9-12H,4-8,13-15H2,1-3H3,(H2,26,28)(H,27,31). The van der Waals surface area contributed by atoms with Crippen molar-refractivity contribution in [3.05, 3.63) is 45.8 Å². The highest BCUT2D eigenvalue weighted by atomic mass is 79.9.